The van der Waals surface area contributed by atoms with Gasteiger partial charge in [0.05, 0.1) is 29.5 Å². The average molecular weight is 657 g/mol. The third-order valence-corrected chi connectivity index (χ3v) is 8.18. The van der Waals surface area contributed by atoms with E-state index in [9.17, 15) is 29.0 Å². The summed E-state index contributed by atoms with van der Waals surface area (Å²) >= 11 is 5.93. The van der Waals surface area contributed by atoms with E-state index < -0.39 is 23.7 Å². The largest absolute Gasteiger partial charge is 0.480 e. The Kier molecular flexibility index (Phi) is 8.74. The number of halogens is 2. The van der Waals surface area contributed by atoms with E-state index in [0.29, 0.717) is 28.7 Å². The summed E-state index contributed by atoms with van der Waals surface area (Å²) in [5.41, 5.74) is 3.11. The van der Waals surface area contributed by atoms with Crippen molar-refractivity contribution in [3.63, 3.8) is 0 Å². The average Bonchev–Trinajstić information content (AvgIpc) is 3.58. The molecule has 5 aromatic rings. The number of nitrogens with zero attached hydrogens (tertiary/aromatic N) is 6. The van der Waals surface area contributed by atoms with Crippen LogP contribution in [0.1, 0.15) is 49.4 Å². The van der Waals surface area contributed by atoms with Crippen molar-refractivity contribution in [3.8, 4) is 22.7 Å². The van der Waals surface area contributed by atoms with Gasteiger partial charge in [0.1, 0.15) is 18.3 Å². The van der Waals surface area contributed by atoms with Gasteiger partial charge in [-0.15, -0.1) is 5.10 Å². The number of carboxylic acid groups (broad SMARTS) is 1. The minimum atomic E-state index is -1.09. The highest BCUT2D eigenvalue weighted by atomic mass is 35.5. The zero-order chi connectivity index (χ0) is 33.2. The lowest BCUT2D eigenvalue weighted by molar-refractivity contribution is -0.123. The van der Waals surface area contributed by atoms with E-state index in [0.717, 1.165) is 10.2 Å². The molecular weight excluding hydrogens is 631 g/mol. The van der Waals surface area contributed by atoms with Crippen LogP contribution in [0.25, 0.3) is 16.8 Å². The Hall–Kier alpha value is -5.53. The second-order valence-corrected chi connectivity index (χ2v) is 11.1. The Bertz CT molecular complexity index is 2020. The molecule has 0 aliphatic carbocycles. The number of carbonyl (C=O) groups is 3. The lowest BCUT2D eigenvalue weighted by Gasteiger charge is -2.37. The lowest BCUT2D eigenvalue weighted by atomic mass is 9.84. The summed E-state index contributed by atoms with van der Waals surface area (Å²) in [4.78, 5) is 49.4. The monoisotopic (exact) mass is 656 g/mol. The van der Waals surface area contributed by atoms with Crippen molar-refractivity contribution in [1.29, 1.82) is 0 Å². The number of fused-ring (bicyclic) bond motifs is 1. The molecule has 3 aromatic carbocycles. The van der Waals surface area contributed by atoms with Crippen molar-refractivity contribution in [2.75, 3.05) is 13.7 Å². The van der Waals surface area contributed by atoms with Gasteiger partial charge in [0.2, 0.25) is 5.88 Å². The molecule has 0 fully saturated rings. The van der Waals surface area contributed by atoms with Gasteiger partial charge in [0, 0.05) is 19.2 Å². The predicted octanol–water partition coefficient (Wildman–Crippen LogP) is 4.27. The van der Waals surface area contributed by atoms with Crippen LogP contribution in [0.3, 0.4) is 0 Å². The summed E-state index contributed by atoms with van der Waals surface area (Å²) < 4.78 is 21.3. The first-order chi connectivity index (χ1) is 22.7. The number of ether oxygens (including phenoxy) is 1. The van der Waals surface area contributed by atoms with Crippen LogP contribution in [0.4, 0.5) is 4.39 Å². The molecule has 238 valence electrons. The molecule has 0 bridgehead atoms. The van der Waals surface area contributed by atoms with Crippen molar-refractivity contribution in [2.45, 2.75) is 25.5 Å². The van der Waals surface area contributed by atoms with E-state index in [1.165, 1.54) is 48.5 Å². The molecule has 0 saturated heterocycles. The number of aliphatic hydroxyl groups is 1. The highest BCUT2D eigenvalue weighted by molar-refractivity contribution is 6.30. The van der Waals surface area contributed by atoms with Gasteiger partial charge in [-0.3, -0.25) is 9.59 Å². The van der Waals surface area contributed by atoms with Crippen LogP contribution in [-0.2, 0) is 24.2 Å². The standard InChI is InChI=1S/C33H26ClFN6O6/c1-47-31-23(15-36-28(17-42)37-31)20-4-2-5-22-21(20)12-13-40(30(22)27(43)14-18-8-10-19(11-9-18)33(45)46)32(44)25-16-41(39-38-25)26-7-3-6-24(34)29(26)35/h2-11,15-16,30,42H,12-14,17H2,1H3,(H,45,46). The summed E-state index contributed by atoms with van der Waals surface area (Å²) in [6, 6.07) is 14.6. The Morgan fingerprint density at radius 2 is 1.83 bits per heavy atom. The summed E-state index contributed by atoms with van der Waals surface area (Å²) in [6.07, 6.45) is 3.06. The fraction of sp³-hybridized carbons (Fsp3) is 0.182. The van der Waals surface area contributed by atoms with Gasteiger partial charge in [-0.25, -0.2) is 18.9 Å². The van der Waals surface area contributed by atoms with Crippen molar-refractivity contribution in [2.24, 2.45) is 0 Å². The number of hydrogen-bond acceptors (Lipinski definition) is 9. The maximum absolute atomic E-state index is 14.7. The zero-order valence-electron chi connectivity index (χ0n) is 24.8. The number of amides is 1. The molecule has 1 amide bonds. The van der Waals surface area contributed by atoms with Crippen molar-refractivity contribution in [1.82, 2.24) is 29.9 Å². The molecule has 1 aliphatic heterocycles. The van der Waals surface area contributed by atoms with Crippen LogP contribution in [0.5, 0.6) is 5.88 Å². The van der Waals surface area contributed by atoms with Gasteiger partial charge in [-0.2, -0.15) is 4.98 Å². The first-order valence-electron chi connectivity index (χ1n) is 14.4. The minimum Gasteiger partial charge on any atom is -0.480 e. The first-order valence-corrected chi connectivity index (χ1v) is 14.7. The van der Waals surface area contributed by atoms with Crippen LogP contribution >= 0.6 is 11.6 Å². The van der Waals surface area contributed by atoms with Crippen LogP contribution < -0.4 is 4.74 Å². The van der Waals surface area contributed by atoms with E-state index in [-0.39, 0.29) is 59.0 Å². The fourth-order valence-electron chi connectivity index (χ4n) is 5.66. The Morgan fingerprint density at radius 1 is 1.06 bits per heavy atom. The van der Waals surface area contributed by atoms with Gasteiger partial charge in [0.15, 0.2) is 23.1 Å². The van der Waals surface area contributed by atoms with Gasteiger partial charge in [-0.1, -0.05) is 53.2 Å². The van der Waals surface area contributed by atoms with Crippen LogP contribution in [-0.4, -0.2) is 71.4 Å². The molecule has 6 rings (SSSR count). The third-order valence-electron chi connectivity index (χ3n) is 7.89. The number of aromatic nitrogens is 5. The fourth-order valence-corrected chi connectivity index (χ4v) is 5.83. The number of carbonyl (C=O) groups excluding carboxylic acids is 2. The van der Waals surface area contributed by atoms with Gasteiger partial charge < -0.3 is 19.8 Å². The Balaban J connectivity index is 1.41. The summed E-state index contributed by atoms with van der Waals surface area (Å²) in [6.45, 7) is -0.257. The lowest BCUT2D eigenvalue weighted by Crippen LogP contribution is -2.44. The van der Waals surface area contributed by atoms with E-state index in [1.54, 1.807) is 30.5 Å². The molecule has 47 heavy (non-hydrogen) atoms. The number of carboxylic acids is 1. The topological polar surface area (TPSA) is 161 Å². The maximum atomic E-state index is 14.7. The molecule has 2 N–H and O–H groups in total. The van der Waals surface area contributed by atoms with Crippen molar-refractivity contribution >= 4 is 29.3 Å². The molecule has 0 radical (unpaired) electrons. The molecule has 1 unspecified atom stereocenters. The predicted molar refractivity (Wildman–Crippen MR) is 166 cm³/mol. The summed E-state index contributed by atoms with van der Waals surface area (Å²) in [7, 11) is 1.45. The van der Waals surface area contributed by atoms with Gasteiger partial charge >= 0.3 is 5.97 Å². The maximum Gasteiger partial charge on any atom is 0.335 e. The molecule has 1 aliphatic rings. The summed E-state index contributed by atoms with van der Waals surface area (Å²) in [5, 5.41) is 26.6. The number of ketones is 1. The van der Waals surface area contributed by atoms with E-state index in [2.05, 4.69) is 20.3 Å². The molecule has 14 heteroatoms. The molecule has 3 heterocycles. The number of methoxy groups -OCH3 is 1. The molecular formula is C33H26ClFN6O6. The number of rotatable bonds is 9. The van der Waals surface area contributed by atoms with Crippen LogP contribution in [0.15, 0.2) is 73.1 Å². The van der Waals surface area contributed by atoms with Crippen LogP contribution in [0.2, 0.25) is 5.02 Å². The number of aromatic carboxylic acids is 1. The molecule has 2 aromatic heterocycles. The number of benzene rings is 3. The third kappa shape index (κ3) is 6.05. The second kappa shape index (κ2) is 13.1. The molecule has 1 atom stereocenters. The quantitative estimate of drug-likeness (QED) is 0.234. The molecule has 0 spiro atoms. The molecule has 12 nitrogen and oxygen atoms in total. The van der Waals surface area contributed by atoms with Crippen LogP contribution in [0, 0.1) is 5.82 Å². The Morgan fingerprint density at radius 3 is 2.55 bits per heavy atom. The SMILES string of the molecule is COc1nc(CO)ncc1-c1cccc2c1CCN(C(=O)c1cn(-c3cccc(Cl)c3F)nn1)C2C(=O)Cc1ccc(C(=O)O)cc1. The number of hydrogen-bond donors (Lipinski definition) is 2. The smallest absolute Gasteiger partial charge is 0.335 e. The van der Waals surface area contributed by atoms with E-state index in [4.69, 9.17) is 16.3 Å². The highest BCUT2D eigenvalue weighted by Crippen LogP contribution is 2.40. The van der Waals surface area contributed by atoms with Crippen molar-refractivity contribution in [3.05, 3.63) is 118 Å². The number of Topliss-reactive ketones (excluding diaryl/α,β-unsaturated/α-hetero) is 1. The van der Waals surface area contributed by atoms with Gasteiger partial charge in [-0.05, 0) is 52.9 Å². The van der Waals surface area contributed by atoms with E-state index in [1.807, 2.05) is 6.07 Å². The Labute approximate surface area is 272 Å². The zero-order valence-corrected chi connectivity index (χ0v) is 25.6. The van der Waals surface area contributed by atoms with Gasteiger partial charge in [0.25, 0.3) is 5.91 Å². The summed E-state index contributed by atoms with van der Waals surface area (Å²) in [5.74, 6) is -2.33. The highest BCUT2D eigenvalue weighted by Gasteiger charge is 2.38. The van der Waals surface area contributed by atoms with E-state index >= 15 is 0 Å². The minimum absolute atomic E-state index is 0.00139. The first kappa shape index (κ1) is 31.5. The number of aliphatic hydroxyl groups excluding tert-OH is 1. The normalized spacial score (nSPS) is 14.0. The van der Waals surface area contributed by atoms with Crippen molar-refractivity contribution < 1.29 is 33.7 Å². The molecule has 0 saturated carbocycles. The second-order valence-electron chi connectivity index (χ2n) is 10.7.